The summed E-state index contributed by atoms with van der Waals surface area (Å²) in [6.45, 7) is 1.44. The molecule has 1 atom stereocenters. The van der Waals surface area contributed by atoms with E-state index in [1.54, 1.807) is 30.3 Å². The molecule has 0 aromatic heterocycles. The van der Waals surface area contributed by atoms with Gasteiger partial charge < -0.3 is 0 Å². The monoisotopic (exact) mass is 352 g/mol. The first-order valence-electron chi connectivity index (χ1n) is 8.11. The molecule has 0 aliphatic carbocycles. The number of carbonyl (C=O) groups is 3. The van der Waals surface area contributed by atoms with Gasteiger partial charge in [-0.15, -0.1) is 0 Å². The van der Waals surface area contributed by atoms with Crippen molar-refractivity contribution in [1.82, 2.24) is 0 Å². The molecule has 2 aromatic carbocycles. The third-order valence-corrected chi connectivity index (χ3v) is 4.55. The van der Waals surface area contributed by atoms with Gasteiger partial charge in [-0.25, -0.2) is 0 Å². The first-order valence-corrected chi connectivity index (χ1v) is 8.92. The Balaban J connectivity index is 1.88. The van der Waals surface area contributed by atoms with Gasteiger partial charge in [-0.1, -0.05) is 54.6 Å². The van der Waals surface area contributed by atoms with E-state index >= 15 is 0 Å². The minimum atomic E-state index is -0.663. The molecule has 2 rings (SSSR count). The number of thioether (sulfide) groups is 1. The van der Waals surface area contributed by atoms with E-state index in [0.29, 0.717) is 18.4 Å². The van der Waals surface area contributed by atoms with Gasteiger partial charge in [-0.2, -0.15) is 0 Å². The second kappa shape index (κ2) is 9.74. The molecule has 128 valence electrons. The molecule has 2 aromatic rings. The molecule has 0 spiro atoms. The highest BCUT2D eigenvalue weighted by molar-refractivity contribution is 8.14. The van der Waals surface area contributed by atoms with Gasteiger partial charge >= 0.3 is 0 Å². The molecule has 0 amide bonds. The predicted molar refractivity (Wildman–Crippen MR) is 101 cm³/mol. The zero-order valence-corrected chi connectivity index (χ0v) is 14.9. The maximum atomic E-state index is 12.4. The molecule has 25 heavy (non-hydrogen) atoms. The van der Waals surface area contributed by atoms with Crippen molar-refractivity contribution in [2.45, 2.75) is 24.7 Å². The van der Waals surface area contributed by atoms with Crippen molar-refractivity contribution in [2.75, 3.05) is 0 Å². The highest BCUT2D eigenvalue weighted by atomic mass is 32.2. The van der Waals surface area contributed by atoms with Gasteiger partial charge in [0.25, 0.3) is 0 Å². The predicted octanol–water partition coefficient (Wildman–Crippen LogP) is 4.73. The number of allylic oxidation sites excluding steroid dienone is 1. The lowest BCUT2D eigenvalue weighted by Crippen LogP contribution is -2.22. The average Bonchev–Trinajstić information content (AvgIpc) is 2.62. The minimum absolute atomic E-state index is 0.0695. The lowest BCUT2D eigenvalue weighted by molar-refractivity contribution is -0.119. The second-order valence-corrected chi connectivity index (χ2v) is 6.69. The molecule has 1 unspecified atom stereocenters. The smallest absolute Gasteiger partial charge is 0.216 e. The number of ketones is 2. The number of Topliss-reactive ketones (excluding diaryl/α,β-unsaturated/α-hetero) is 2. The Morgan fingerprint density at radius 1 is 0.960 bits per heavy atom. The maximum absolute atomic E-state index is 12.4. The number of benzene rings is 2. The Morgan fingerprint density at radius 2 is 1.56 bits per heavy atom. The van der Waals surface area contributed by atoms with Crippen molar-refractivity contribution >= 4 is 28.4 Å². The molecule has 0 aliphatic rings. The molecule has 0 N–H and O–H groups in total. The van der Waals surface area contributed by atoms with Crippen LogP contribution in [0.4, 0.5) is 0 Å². The Labute approximate surface area is 152 Å². The zero-order valence-electron chi connectivity index (χ0n) is 14.1. The Bertz CT molecular complexity index is 751. The van der Waals surface area contributed by atoms with Crippen molar-refractivity contribution in [1.29, 1.82) is 0 Å². The van der Waals surface area contributed by atoms with Crippen LogP contribution in [0.1, 0.15) is 30.1 Å². The average molecular weight is 352 g/mol. The normalized spacial score (nSPS) is 12.0. The number of carbonyl (C=O) groups excluding carboxylic acids is 3. The van der Waals surface area contributed by atoms with Crippen LogP contribution >= 0.6 is 11.8 Å². The third kappa shape index (κ3) is 6.16. The van der Waals surface area contributed by atoms with Gasteiger partial charge in [-0.3, -0.25) is 14.4 Å². The molecule has 0 heterocycles. The van der Waals surface area contributed by atoms with Gasteiger partial charge in [0.2, 0.25) is 5.12 Å². The summed E-state index contributed by atoms with van der Waals surface area (Å²) in [5.41, 5.74) is 0.544. The molecule has 0 saturated heterocycles. The summed E-state index contributed by atoms with van der Waals surface area (Å²) in [6, 6.07) is 18.2. The minimum Gasteiger partial charge on any atom is -0.299 e. The molecule has 4 heteroatoms. The van der Waals surface area contributed by atoms with E-state index in [4.69, 9.17) is 0 Å². The highest BCUT2D eigenvalue weighted by Crippen LogP contribution is 2.19. The van der Waals surface area contributed by atoms with Crippen LogP contribution in [0.2, 0.25) is 0 Å². The lowest BCUT2D eigenvalue weighted by Gasteiger charge is -2.11. The largest absolute Gasteiger partial charge is 0.299 e. The molecule has 0 saturated carbocycles. The molecule has 3 nitrogen and oxygen atoms in total. The maximum Gasteiger partial charge on any atom is 0.216 e. The Hall–Kier alpha value is -2.46. The number of hydrogen-bond acceptors (Lipinski definition) is 4. The summed E-state index contributed by atoms with van der Waals surface area (Å²) in [5.74, 6) is -0.970. The van der Waals surface area contributed by atoms with Crippen LogP contribution in [0.3, 0.4) is 0 Å². The van der Waals surface area contributed by atoms with E-state index in [1.807, 2.05) is 36.4 Å². The molecular formula is C21H20O3S. The van der Waals surface area contributed by atoms with Crippen LogP contribution in [0, 0.1) is 5.92 Å². The zero-order chi connectivity index (χ0) is 18.1. The summed E-state index contributed by atoms with van der Waals surface area (Å²) < 4.78 is 0. The summed E-state index contributed by atoms with van der Waals surface area (Å²) in [6.07, 6.45) is 4.14. The van der Waals surface area contributed by atoms with Crippen LogP contribution in [0.25, 0.3) is 0 Å². The van der Waals surface area contributed by atoms with E-state index in [1.165, 1.54) is 13.0 Å². The van der Waals surface area contributed by atoms with Gasteiger partial charge in [0.05, 0.1) is 5.92 Å². The van der Waals surface area contributed by atoms with Crippen molar-refractivity contribution in [2.24, 2.45) is 5.92 Å². The van der Waals surface area contributed by atoms with Crippen molar-refractivity contribution in [3.8, 4) is 0 Å². The van der Waals surface area contributed by atoms with Gasteiger partial charge in [-0.05, 0) is 49.7 Å². The molecule has 0 aliphatic heterocycles. The van der Waals surface area contributed by atoms with Crippen molar-refractivity contribution in [3.05, 3.63) is 78.4 Å². The first-order chi connectivity index (χ1) is 12.1. The first kappa shape index (κ1) is 18.9. The summed E-state index contributed by atoms with van der Waals surface area (Å²) >= 11 is 1.15. The third-order valence-electron chi connectivity index (χ3n) is 3.70. The van der Waals surface area contributed by atoms with Crippen LogP contribution in [0.5, 0.6) is 0 Å². The fraction of sp³-hybridized carbons (Fsp3) is 0.190. The number of hydrogen-bond donors (Lipinski definition) is 0. The standard InChI is InChI=1S/C21H20O3S/c1-16(22)19(21(24)17-10-4-2-5-11-17)14-8-9-15-20(23)25-18-12-6-3-7-13-18/h2-7,9-13,15,19H,8,14H2,1H3/b15-9+. The van der Waals surface area contributed by atoms with Gasteiger partial charge in [0.1, 0.15) is 5.78 Å². The van der Waals surface area contributed by atoms with Crippen molar-refractivity contribution in [3.63, 3.8) is 0 Å². The molecular weight excluding hydrogens is 332 g/mol. The molecule has 0 radical (unpaired) electrons. The Kier molecular flexibility index (Phi) is 7.36. The van der Waals surface area contributed by atoms with Gasteiger partial charge in [0.15, 0.2) is 5.78 Å². The molecule has 0 bridgehead atoms. The fourth-order valence-corrected chi connectivity index (χ4v) is 3.09. The van der Waals surface area contributed by atoms with Crippen molar-refractivity contribution < 1.29 is 14.4 Å². The summed E-state index contributed by atoms with van der Waals surface area (Å²) in [7, 11) is 0. The van der Waals surface area contributed by atoms with E-state index in [0.717, 1.165) is 16.7 Å². The quantitative estimate of drug-likeness (QED) is 0.298. The van der Waals surface area contributed by atoms with Crippen LogP contribution in [0.15, 0.2) is 77.7 Å². The number of rotatable bonds is 8. The van der Waals surface area contributed by atoms with Crippen LogP contribution in [-0.4, -0.2) is 16.7 Å². The SMILES string of the molecule is CC(=O)C(CC/C=C/C(=O)Sc1ccccc1)C(=O)c1ccccc1. The van der Waals surface area contributed by atoms with Gasteiger partial charge in [0, 0.05) is 10.5 Å². The van der Waals surface area contributed by atoms with E-state index < -0.39 is 5.92 Å². The van der Waals surface area contributed by atoms with E-state index in [9.17, 15) is 14.4 Å². The highest BCUT2D eigenvalue weighted by Gasteiger charge is 2.23. The Morgan fingerprint density at radius 3 is 2.16 bits per heavy atom. The van der Waals surface area contributed by atoms with E-state index in [-0.39, 0.29) is 16.7 Å². The summed E-state index contributed by atoms with van der Waals surface area (Å²) in [5, 5.41) is -0.0695. The fourth-order valence-electron chi connectivity index (χ4n) is 2.40. The lowest BCUT2D eigenvalue weighted by atomic mass is 9.90. The second-order valence-electron chi connectivity index (χ2n) is 5.61. The summed E-state index contributed by atoms with van der Waals surface area (Å²) in [4.78, 5) is 37.0. The topological polar surface area (TPSA) is 51.2 Å². The van der Waals surface area contributed by atoms with E-state index in [2.05, 4.69) is 0 Å². The van der Waals surface area contributed by atoms with Crippen LogP contribution < -0.4 is 0 Å². The van der Waals surface area contributed by atoms with Crippen LogP contribution in [-0.2, 0) is 9.59 Å². The molecule has 0 fully saturated rings.